The van der Waals surface area contributed by atoms with Gasteiger partial charge in [-0.3, -0.25) is 14.9 Å². The van der Waals surface area contributed by atoms with Gasteiger partial charge in [0, 0.05) is 11.4 Å². The molecule has 1 atom stereocenters. The summed E-state index contributed by atoms with van der Waals surface area (Å²) in [5, 5.41) is 4.73. The van der Waals surface area contributed by atoms with Gasteiger partial charge < -0.3 is 14.8 Å². The largest absolute Gasteiger partial charge is 0.494 e. The molecule has 8 heteroatoms. The van der Waals surface area contributed by atoms with Gasteiger partial charge >= 0.3 is 12.0 Å². The number of hydrogen-bond acceptors (Lipinski definition) is 6. The number of carbonyl (C=O) groups is 3. The minimum Gasteiger partial charge on any atom is -0.494 e. The summed E-state index contributed by atoms with van der Waals surface area (Å²) in [6.07, 6.45) is -1.08. The van der Waals surface area contributed by atoms with Gasteiger partial charge in [-0.05, 0) is 43.7 Å². The highest BCUT2D eigenvalue weighted by atomic mass is 32.2. The Balaban J connectivity index is 1.69. The molecule has 0 aromatic heterocycles. The molecule has 0 bridgehead atoms. The monoisotopic (exact) mass is 416 g/mol. The lowest BCUT2D eigenvalue weighted by Crippen LogP contribution is -2.44. The lowest BCUT2D eigenvalue weighted by Gasteiger charge is -2.13. The van der Waals surface area contributed by atoms with Crippen LogP contribution < -0.4 is 15.4 Å². The number of thioether (sulfide) groups is 1. The topological polar surface area (TPSA) is 93.7 Å². The molecule has 0 aliphatic heterocycles. The molecular formula is C21H24N2O5S. The number of imide groups is 1. The van der Waals surface area contributed by atoms with E-state index in [1.54, 1.807) is 0 Å². The maximum Gasteiger partial charge on any atom is 0.321 e. The summed E-state index contributed by atoms with van der Waals surface area (Å²) in [5.41, 5.74) is 0.904. The van der Waals surface area contributed by atoms with Gasteiger partial charge in [-0.1, -0.05) is 30.3 Å². The van der Waals surface area contributed by atoms with Crippen molar-refractivity contribution >= 4 is 29.7 Å². The highest BCUT2D eigenvalue weighted by Gasteiger charge is 2.20. The van der Waals surface area contributed by atoms with Crippen LogP contribution in [0.2, 0.25) is 0 Å². The third kappa shape index (κ3) is 8.27. The molecule has 0 saturated carbocycles. The van der Waals surface area contributed by atoms with Crippen LogP contribution >= 0.6 is 11.8 Å². The van der Waals surface area contributed by atoms with Crippen molar-refractivity contribution in [2.75, 3.05) is 12.4 Å². The number of benzene rings is 2. The summed E-state index contributed by atoms with van der Waals surface area (Å²) >= 11 is 1.29. The second-order valence-electron chi connectivity index (χ2n) is 5.98. The molecule has 2 rings (SSSR count). The number of nitrogens with one attached hydrogen (secondary N) is 2. The van der Waals surface area contributed by atoms with Crippen LogP contribution in [0.1, 0.15) is 19.4 Å². The molecule has 154 valence electrons. The van der Waals surface area contributed by atoms with Crippen molar-refractivity contribution in [2.24, 2.45) is 0 Å². The van der Waals surface area contributed by atoms with Gasteiger partial charge in [0.1, 0.15) is 5.75 Å². The molecule has 2 N–H and O–H groups in total. The van der Waals surface area contributed by atoms with E-state index in [1.807, 2.05) is 61.5 Å². The molecule has 0 fully saturated rings. The number of ether oxygens (including phenoxy) is 2. The molecule has 0 unspecified atom stereocenters. The molecule has 2 aromatic rings. The predicted octanol–water partition coefficient (Wildman–Crippen LogP) is 3.14. The zero-order valence-corrected chi connectivity index (χ0v) is 17.2. The Bertz CT molecular complexity index is 812. The zero-order valence-electron chi connectivity index (χ0n) is 16.3. The van der Waals surface area contributed by atoms with Crippen molar-refractivity contribution in [1.82, 2.24) is 10.6 Å². The van der Waals surface area contributed by atoms with Gasteiger partial charge in [0.25, 0.3) is 5.91 Å². The number of amides is 3. The van der Waals surface area contributed by atoms with Crippen molar-refractivity contribution in [1.29, 1.82) is 0 Å². The summed E-state index contributed by atoms with van der Waals surface area (Å²) in [7, 11) is 0. The summed E-state index contributed by atoms with van der Waals surface area (Å²) in [4.78, 5) is 36.6. The van der Waals surface area contributed by atoms with Crippen molar-refractivity contribution in [3.05, 3.63) is 60.2 Å². The van der Waals surface area contributed by atoms with Crippen LogP contribution in [0.5, 0.6) is 5.75 Å². The Morgan fingerprint density at radius 2 is 1.72 bits per heavy atom. The van der Waals surface area contributed by atoms with E-state index >= 15 is 0 Å². The highest BCUT2D eigenvalue weighted by Crippen LogP contribution is 2.21. The van der Waals surface area contributed by atoms with E-state index in [9.17, 15) is 14.4 Å². The maximum absolute atomic E-state index is 12.0. The van der Waals surface area contributed by atoms with E-state index in [0.717, 1.165) is 16.2 Å². The smallest absolute Gasteiger partial charge is 0.321 e. The van der Waals surface area contributed by atoms with Gasteiger partial charge in [-0.2, -0.15) is 0 Å². The van der Waals surface area contributed by atoms with Gasteiger partial charge in [-0.15, -0.1) is 11.8 Å². The van der Waals surface area contributed by atoms with Crippen LogP contribution in [0, 0.1) is 0 Å². The van der Waals surface area contributed by atoms with E-state index in [-0.39, 0.29) is 12.3 Å². The number of rotatable bonds is 9. The lowest BCUT2D eigenvalue weighted by atomic mass is 10.2. The Hall–Kier alpha value is -3.00. The third-order valence-electron chi connectivity index (χ3n) is 3.70. The molecule has 0 aliphatic rings. The van der Waals surface area contributed by atoms with E-state index in [2.05, 4.69) is 10.6 Å². The Morgan fingerprint density at radius 1 is 1.03 bits per heavy atom. The number of hydrogen-bond donors (Lipinski definition) is 2. The van der Waals surface area contributed by atoms with Crippen molar-refractivity contribution < 1.29 is 23.9 Å². The lowest BCUT2D eigenvalue weighted by molar-refractivity contribution is -0.151. The minimum absolute atomic E-state index is 0.0474. The fraction of sp³-hybridized carbons (Fsp3) is 0.286. The average Bonchev–Trinajstić information content (AvgIpc) is 2.72. The zero-order chi connectivity index (χ0) is 21.1. The molecular weight excluding hydrogens is 392 g/mol. The SMILES string of the molecule is CCOc1ccc(SCC(=O)O[C@@H](C)C(=O)NC(=O)NCc2ccccc2)cc1. The van der Waals surface area contributed by atoms with Gasteiger partial charge in [0.2, 0.25) is 0 Å². The second kappa shape index (κ2) is 11.8. The first kappa shape index (κ1) is 22.3. The Labute approximate surface area is 174 Å². The summed E-state index contributed by atoms with van der Waals surface area (Å²) < 4.78 is 10.4. The Kier molecular flexibility index (Phi) is 9.04. The predicted molar refractivity (Wildman–Crippen MR) is 111 cm³/mol. The fourth-order valence-corrected chi connectivity index (χ4v) is 2.94. The third-order valence-corrected chi connectivity index (χ3v) is 4.69. The molecule has 2 aromatic carbocycles. The molecule has 0 aliphatic carbocycles. The first-order valence-electron chi connectivity index (χ1n) is 9.15. The van der Waals surface area contributed by atoms with E-state index < -0.39 is 24.0 Å². The minimum atomic E-state index is -1.08. The summed E-state index contributed by atoms with van der Waals surface area (Å²) in [6, 6.07) is 16.0. The van der Waals surface area contributed by atoms with Crippen LogP contribution in [0.3, 0.4) is 0 Å². The number of carbonyl (C=O) groups excluding carboxylic acids is 3. The van der Waals surface area contributed by atoms with Crippen LogP contribution in [0.15, 0.2) is 59.5 Å². The molecule has 0 radical (unpaired) electrons. The van der Waals surface area contributed by atoms with E-state index in [1.165, 1.54) is 18.7 Å². The summed E-state index contributed by atoms with van der Waals surface area (Å²) in [6.45, 7) is 4.19. The second-order valence-corrected chi connectivity index (χ2v) is 7.03. The molecule has 0 heterocycles. The van der Waals surface area contributed by atoms with Crippen LogP contribution in [-0.4, -0.2) is 36.4 Å². The van der Waals surface area contributed by atoms with Gasteiger partial charge in [-0.25, -0.2) is 4.79 Å². The number of esters is 1. The number of urea groups is 1. The highest BCUT2D eigenvalue weighted by molar-refractivity contribution is 8.00. The maximum atomic E-state index is 12.0. The standard InChI is InChI=1S/C21H24N2O5S/c1-3-27-17-9-11-18(12-10-17)29-14-19(24)28-15(2)20(25)23-21(26)22-13-16-7-5-4-6-8-16/h4-12,15H,3,13-14H2,1-2H3,(H2,22,23,25,26)/t15-/m0/s1. The fourth-order valence-electron chi connectivity index (χ4n) is 2.26. The first-order valence-corrected chi connectivity index (χ1v) is 10.1. The van der Waals surface area contributed by atoms with Crippen LogP contribution in [0.4, 0.5) is 4.79 Å². The summed E-state index contributed by atoms with van der Waals surface area (Å²) in [5.74, 6) is -0.423. The molecule has 0 saturated heterocycles. The van der Waals surface area contributed by atoms with Crippen molar-refractivity contribution in [3.8, 4) is 5.75 Å². The van der Waals surface area contributed by atoms with E-state index in [4.69, 9.17) is 9.47 Å². The normalized spacial score (nSPS) is 11.2. The Morgan fingerprint density at radius 3 is 2.38 bits per heavy atom. The van der Waals surface area contributed by atoms with Gasteiger partial charge in [0.05, 0.1) is 12.4 Å². The molecule has 0 spiro atoms. The van der Waals surface area contributed by atoms with Crippen molar-refractivity contribution in [2.45, 2.75) is 31.4 Å². The quantitative estimate of drug-likeness (QED) is 0.482. The van der Waals surface area contributed by atoms with Crippen LogP contribution in [-0.2, 0) is 20.9 Å². The van der Waals surface area contributed by atoms with E-state index in [0.29, 0.717) is 6.61 Å². The van der Waals surface area contributed by atoms with Crippen LogP contribution in [0.25, 0.3) is 0 Å². The molecule has 3 amide bonds. The first-order chi connectivity index (χ1) is 14.0. The molecule has 29 heavy (non-hydrogen) atoms. The average molecular weight is 416 g/mol. The van der Waals surface area contributed by atoms with Crippen molar-refractivity contribution in [3.63, 3.8) is 0 Å². The van der Waals surface area contributed by atoms with Gasteiger partial charge in [0.15, 0.2) is 6.10 Å². The molecule has 7 nitrogen and oxygen atoms in total.